The SMILES string of the molecule is CC[C@H](Nc1nccc(N)c1-c1nnc(C)o1)c1cc2cccc(-c3cnn(C)c3)c2c(=O)n1C1CC1.Cc1nc(-c2c(N)ccnc2N[C@@H](C)c2cc3cccc(-c4cnn(C)c4)c3c(=O)n2C2CC2)no1.Cc1noc(-c2c(N)ccnc2N[C@@H](C)c2cc3cccc(-c4cnn(C)c4)c3c(=O)n2C2CC2)n1. The van der Waals surface area contributed by atoms with Crippen LogP contribution in [0, 0.1) is 20.8 Å². The highest BCUT2D eigenvalue weighted by Crippen LogP contribution is 2.44. The van der Waals surface area contributed by atoms with Crippen LogP contribution in [0.2, 0.25) is 0 Å². The number of hydrogen-bond donors (Lipinski definition) is 6. The normalized spacial score (nSPS) is 14.3. The molecule has 3 saturated carbocycles. The van der Waals surface area contributed by atoms with E-state index in [4.69, 9.17) is 30.7 Å². The van der Waals surface area contributed by atoms with Gasteiger partial charge in [-0.15, -0.1) is 10.2 Å². The van der Waals surface area contributed by atoms with Gasteiger partial charge in [0.25, 0.3) is 28.5 Å². The van der Waals surface area contributed by atoms with Crippen LogP contribution in [0.15, 0.2) is 175 Å². The minimum Gasteiger partial charge on any atom is -0.421 e. The van der Waals surface area contributed by atoms with E-state index in [1.165, 1.54) is 0 Å². The van der Waals surface area contributed by atoms with Gasteiger partial charge in [0.05, 0.1) is 58.4 Å². The maximum absolute atomic E-state index is 14.1. The van der Waals surface area contributed by atoms with Crippen molar-refractivity contribution in [3.63, 3.8) is 0 Å². The smallest absolute Gasteiger partial charge is 0.263 e. The topological polar surface area (TPSA) is 389 Å². The van der Waals surface area contributed by atoms with Gasteiger partial charge in [-0.2, -0.15) is 25.3 Å². The van der Waals surface area contributed by atoms with Gasteiger partial charge in [0, 0.05) is 141 Å². The first-order valence-corrected chi connectivity index (χ1v) is 36.2. The highest BCUT2D eigenvalue weighted by molar-refractivity contribution is 5.99. The Morgan fingerprint density at radius 1 is 0.486 bits per heavy atom. The van der Waals surface area contributed by atoms with E-state index in [-0.39, 0.29) is 52.9 Å². The number of nitrogens with two attached hydrogens (primary N) is 3. The number of pyridine rings is 6. The first-order valence-electron chi connectivity index (χ1n) is 36.2. The molecule has 0 spiro atoms. The summed E-state index contributed by atoms with van der Waals surface area (Å²) in [5.41, 5.74) is 30.1. The molecule has 0 aliphatic heterocycles. The minimum absolute atomic E-state index is 0.00591. The predicted octanol–water partition coefficient (Wildman–Crippen LogP) is 13.1. The lowest BCUT2D eigenvalue weighted by molar-refractivity contribution is 0.394. The molecule has 3 fully saturated rings. The molecule has 3 aromatic carbocycles. The van der Waals surface area contributed by atoms with E-state index < -0.39 is 0 Å². The zero-order chi connectivity index (χ0) is 75.6. The van der Waals surface area contributed by atoms with Gasteiger partial charge in [-0.25, -0.2) is 15.0 Å². The Hall–Kier alpha value is -13.4. The van der Waals surface area contributed by atoms with Crippen molar-refractivity contribution >= 4 is 66.8 Å². The van der Waals surface area contributed by atoms with Gasteiger partial charge in [0.1, 0.15) is 28.6 Å². The summed E-state index contributed by atoms with van der Waals surface area (Å²) in [6.07, 6.45) is 22.7. The van der Waals surface area contributed by atoms with E-state index in [0.29, 0.717) is 103 Å². The largest absolute Gasteiger partial charge is 0.421 e. The molecule has 15 aromatic rings. The Morgan fingerprint density at radius 3 is 1.28 bits per heavy atom. The molecule has 3 aliphatic carbocycles. The lowest BCUT2D eigenvalue weighted by Crippen LogP contribution is -2.27. The first-order chi connectivity index (χ1) is 52.7. The van der Waals surface area contributed by atoms with Crippen LogP contribution >= 0.6 is 0 Å². The van der Waals surface area contributed by atoms with E-state index in [9.17, 15) is 14.4 Å². The average Bonchev–Trinajstić information content (AvgIpc) is 1.67. The van der Waals surface area contributed by atoms with Crippen molar-refractivity contribution < 1.29 is 13.5 Å². The van der Waals surface area contributed by atoms with Crippen molar-refractivity contribution in [2.24, 2.45) is 21.1 Å². The van der Waals surface area contributed by atoms with Gasteiger partial charge >= 0.3 is 0 Å². The zero-order valence-electron chi connectivity index (χ0n) is 61.5. The predicted molar refractivity (Wildman–Crippen MR) is 417 cm³/mol. The Bertz CT molecular complexity index is 5930. The van der Waals surface area contributed by atoms with Gasteiger partial charge in [-0.3, -0.25) is 28.4 Å². The molecule has 12 heterocycles. The maximum atomic E-state index is 14.1. The number of nitrogens with one attached hydrogen (secondary N) is 3. The molecule has 18 rings (SSSR count). The number of nitrogens with zero attached hydrogens (tertiary/aromatic N) is 18. The van der Waals surface area contributed by atoms with E-state index >= 15 is 0 Å². The lowest BCUT2D eigenvalue weighted by atomic mass is 9.99. The second-order valence-electron chi connectivity index (χ2n) is 28.1. The van der Waals surface area contributed by atoms with E-state index in [2.05, 4.69) is 102 Å². The highest BCUT2D eigenvalue weighted by atomic mass is 16.5. The van der Waals surface area contributed by atoms with Gasteiger partial charge in [-0.05, 0) is 135 Å². The monoisotopic (exact) mass is 1460 g/mol. The summed E-state index contributed by atoms with van der Waals surface area (Å²) in [5.74, 6) is 3.95. The number of fused-ring (bicyclic) bond motifs is 3. The molecule has 30 nitrogen and oxygen atoms in total. The standard InChI is InChI=1S/C27H28N8O2.2C26H26N8O2/c1-4-21(31-25-24(20(28)10-11-29-25)26-33-32-15(2)37-26)22-12-16-6-5-7-19(17-13-30-34(3)14-17)23(16)27(36)35(22)18-8-9-18;1-14(30-24-23(20(27)9-10-28-24)25-31-15(2)36-32-25)21-11-16-5-4-6-19(17-12-29-33(3)13-17)22(16)26(35)34(21)18-7-8-18;1-14(30-24-23(20(27)9-10-28-24)25-31-15(2)32-36-25)21-11-16-5-4-6-19(17-12-29-33(3)13-17)22(16)26(35)34(21)18-7-8-18/h5-7,10-14,18,21H,4,8-9H2,1-3H3,(H3,28,29,31);2*4-6,9-14,18H,7-8H2,1-3H3,(H3,27,28,30)/t21-;2*14-/m000/s1. The third-order valence-electron chi connectivity index (χ3n) is 20.0. The Kier molecular flexibility index (Phi) is 18.3. The number of anilines is 6. The molecule has 0 saturated heterocycles. The number of hydrogen-bond acceptors (Lipinski definition) is 24. The second kappa shape index (κ2) is 28.5. The molecule has 0 unspecified atom stereocenters. The quantitative estimate of drug-likeness (QED) is 0.0438. The fourth-order valence-electron chi connectivity index (χ4n) is 14.4. The van der Waals surface area contributed by atoms with Crippen LogP contribution in [0.5, 0.6) is 0 Å². The number of aryl methyl sites for hydroxylation is 6. The molecule has 3 aliphatic rings. The Morgan fingerprint density at radius 2 is 0.899 bits per heavy atom. The van der Waals surface area contributed by atoms with Crippen molar-refractivity contribution in [2.75, 3.05) is 33.2 Å². The summed E-state index contributed by atoms with van der Waals surface area (Å²) in [6, 6.07) is 29.1. The molecule has 552 valence electrons. The van der Waals surface area contributed by atoms with Crippen LogP contribution in [-0.4, -0.2) is 88.5 Å². The van der Waals surface area contributed by atoms with Gasteiger partial charge in [0.15, 0.2) is 5.82 Å². The summed E-state index contributed by atoms with van der Waals surface area (Å²) in [4.78, 5) is 64.3. The van der Waals surface area contributed by atoms with Crippen LogP contribution in [0.4, 0.5) is 34.5 Å². The summed E-state index contributed by atoms with van der Waals surface area (Å²) >= 11 is 0. The summed E-state index contributed by atoms with van der Waals surface area (Å²) in [5, 5.41) is 44.2. The summed E-state index contributed by atoms with van der Waals surface area (Å²) < 4.78 is 27.3. The molecule has 0 amide bonds. The van der Waals surface area contributed by atoms with Crippen molar-refractivity contribution in [3.05, 3.63) is 213 Å². The molecule has 3 atom stereocenters. The van der Waals surface area contributed by atoms with E-state index in [1.807, 2.05) is 122 Å². The second-order valence-corrected chi connectivity index (χ2v) is 28.1. The molecule has 0 bridgehead atoms. The maximum Gasteiger partial charge on any atom is 0.263 e. The van der Waals surface area contributed by atoms with Crippen LogP contribution in [-0.2, 0) is 21.1 Å². The molecular formula is C79H80N24O6. The van der Waals surface area contributed by atoms with Gasteiger partial charge < -0.3 is 60.3 Å². The number of rotatable bonds is 19. The fraction of sp³-hybridized carbons (Fsp3) is 0.278. The van der Waals surface area contributed by atoms with Crippen LogP contribution in [0.25, 0.3) is 100.0 Å². The van der Waals surface area contributed by atoms with Crippen LogP contribution in [0.3, 0.4) is 0 Å². The summed E-state index contributed by atoms with van der Waals surface area (Å²) in [7, 11) is 5.62. The van der Waals surface area contributed by atoms with Crippen LogP contribution in [0.1, 0.15) is 137 Å². The molecule has 12 aromatic heterocycles. The zero-order valence-corrected chi connectivity index (χ0v) is 61.5. The van der Waals surface area contributed by atoms with Crippen LogP contribution < -0.4 is 49.8 Å². The molecule has 30 heteroatoms. The third-order valence-corrected chi connectivity index (χ3v) is 20.0. The number of nitrogen functional groups attached to an aromatic ring is 3. The van der Waals surface area contributed by atoms with Crippen molar-refractivity contribution in [1.82, 2.24) is 88.5 Å². The lowest BCUT2D eigenvalue weighted by Gasteiger charge is -2.24. The van der Waals surface area contributed by atoms with Crippen molar-refractivity contribution in [3.8, 4) is 67.7 Å². The van der Waals surface area contributed by atoms with E-state index in [0.717, 1.165) is 112 Å². The highest BCUT2D eigenvalue weighted by Gasteiger charge is 2.35. The Labute approximate surface area is 623 Å². The van der Waals surface area contributed by atoms with E-state index in [1.54, 1.807) is 90.2 Å². The average molecular weight is 1460 g/mol. The molecular weight excluding hydrogens is 1380 g/mol. The fourth-order valence-corrected chi connectivity index (χ4v) is 14.4. The Balaban J connectivity index is 0.000000124. The molecule has 0 radical (unpaired) electrons. The van der Waals surface area contributed by atoms with Crippen molar-refractivity contribution in [1.29, 1.82) is 0 Å². The third kappa shape index (κ3) is 13.7. The number of aromatic nitrogens is 18. The van der Waals surface area contributed by atoms with Gasteiger partial charge in [-0.1, -0.05) is 71.8 Å². The van der Waals surface area contributed by atoms with Gasteiger partial charge in [0.2, 0.25) is 17.6 Å². The molecule has 9 N–H and O–H groups in total. The first kappa shape index (κ1) is 69.9. The summed E-state index contributed by atoms with van der Waals surface area (Å²) in [6.45, 7) is 11.3. The minimum atomic E-state index is -0.248. The molecule has 109 heavy (non-hydrogen) atoms. The number of benzene rings is 3. The van der Waals surface area contributed by atoms with Crippen molar-refractivity contribution in [2.45, 2.75) is 123 Å².